The molecule has 0 saturated heterocycles. The SMILES string of the molecule is CC1=C(C)Cc2cnccc2NC1. The molecule has 1 aromatic rings. The van der Waals surface area contributed by atoms with E-state index in [4.69, 9.17) is 0 Å². The Morgan fingerprint density at radius 2 is 2.15 bits per heavy atom. The number of nitrogens with zero attached hydrogens (tertiary/aromatic N) is 1. The van der Waals surface area contributed by atoms with Gasteiger partial charge in [-0.1, -0.05) is 11.1 Å². The third kappa shape index (κ3) is 1.57. The Labute approximate surface area is 78.7 Å². The molecule has 0 fully saturated rings. The molecule has 1 aliphatic heterocycles. The molecule has 0 radical (unpaired) electrons. The molecule has 0 saturated carbocycles. The number of rotatable bonds is 0. The summed E-state index contributed by atoms with van der Waals surface area (Å²) in [5.41, 5.74) is 5.43. The van der Waals surface area contributed by atoms with Crippen molar-refractivity contribution in [2.24, 2.45) is 0 Å². The van der Waals surface area contributed by atoms with Crippen molar-refractivity contribution in [3.8, 4) is 0 Å². The van der Waals surface area contributed by atoms with Crippen molar-refractivity contribution in [2.75, 3.05) is 11.9 Å². The molecule has 2 heteroatoms. The second-order valence-electron chi connectivity index (χ2n) is 3.62. The Balaban J connectivity index is 2.39. The van der Waals surface area contributed by atoms with Gasteiger partial charge in [0.05, 0.1) is 0 Å². The maximum Gasteiger partial charge on any atom is 0.0409 e. The van der Waals surface area contributed by atoms with Crippen molar-refractivity contribution < 1.29 is 0 Å². The van der Waals surface area contributed by atoms with E-state index in [1.165, 1.54) is 22.4 Å². The number of allylic oxidation sites excluding steroid dienone is 1. The van der Waals surface area contributed by atoms with E-state index in [-0.39, 0.29) is 0 Å². The molecule has 1 aromatic heterocycles. The highest BCUT2D eigenvalue weighted by atomic mass is 14.9. The van der Waals surface area contributed by atoms with Gasteiger partial charge in [0.1, 0.15) is 0 Å². The number of nitrogens with one attached hydrogen (secondary N) is 1. The first-order valence-electron chi connectivity index (χ1n) is 4.59. The second-order valence-corrected chi connectivity index (χ2v) is 3.62. The first kappa shape index (κ1) is 8.30. The molecule has 2 nitrogen and oxygen atoms in total. The molecule has 68 valence electrons. The van der Waals surface area contributed by atoms with Crippen LogP contribution in [0.1, 0.15) is 19.4 Å². The van der Waals surface area contributed by atoms with Crippen LogP contribution >= 0.6 is 0 Å². The number of anilines is 1. The molecular weight excluding hydrogens is 160 g/mol. The molecule has 0 spiro atoms. The minimum atomic E-state index is 0.961. The van der Waals surface area contributed by atoms with Gasteiger partial charge in [-0.15, -0.1) is 0 Å². The van der Waals surface area contributed by atoms with E-state index in [0.29, 0.717) is 0 Å². The summed E-state index contributed by atoms with van der Waals surface area (Å²) in [5, 5.41) is 3.41. The van der Waals surface area contributed by atoms with Crippen molar-refractivity contribution in [2.45, 2.75) is 20.3 Å². The van der Waals surface area contributed by atoms with Gasteiger partial charge in [-0.25, -0.2) is 0 Å². The van der Waals surface area contributed by atoms with Gasteiger partial charge in [0, 0.05) is 24.6 Å². The smallest absolute Gasteiger partial charge is 0.0409 e. The van der Waals surface area contributed by atoms with Gasteiger partial charge in [-0.2, -0.15) is 0 Å². The molecule has 0 atom stereocenters. The summed E-state index contributed by atoms with van der Waals surface area (Å²) in [7, 11) is 0. The van der Waals surface area contributed by atoms with Gasteiger partial charge in [0.15, 0.2) is 0 Å². The van der Waals surface area contributed by atoms with Gasteiger partial charge in [0.2, 0.25) is 0 Å². The van der Waals surface area contributed by atoms with Crippen molar-refractivity contribution in [1.29, 1.82) is 0 Å². The van der Waals surface area contributed by atoms with Crippen molar-refractivity contribution in [1.82, 2.24) is 4.98 Å². The number of aromatic nitrogens is 1. The van der Waals surface area contributed by atoms with Gasteiger partial charge in [-0.05, 0) is 31.9 Å². The van der Waals surface area contributed by atoms with Gasteiger partial charge >= 0.3 is 0 Å². The fourth-order valence-electron chi connectivity index (χ4n) is 1.56. The molecule has 0 aromatic carbocycles. The average Bonchev–Trinajstić information content (AvgIpc) is 2.28. The number of fused-ring (bicyclic) bond motifs is 1. The zero-order valence-corrected chi connectivity index (χ0v) is 8.09. The molecule has 0 aliphatic carbocycles. The van der Waals surface area contributed by atoms with Crippen LogP contribution in [0.3, 0.4) is 0 Å². The van der Waals surface area contributed by atoms with E-state index in [1.807, 2.05) is 18.5 Å². The highest BCUT2D eigenvalue weighted by molar-refractivity contribution is 5.53. The number of hydrogen-bond acceptors (Lipinski definition) is 2. The Morgan fingerprint density at radius 1 is 1.31 bits per heavy atom. The first-order valence-corrected chi connectivity index (χ1v) is 4.59. The highest BCUT2D eigenvalue weighted by Gasteiger charge is 2.09. The molecular formula is C11H14N2. The zero-order chi connectivity index (χ0) is 9.26. The molecule has 13 heavy (non-hydrogen) atoms. The maximum absolute atomic E-state index is 4.14. The quantitative estimate of drug-likeness (QED) is 0.611. The summed E-state index contributed by atoms with van der Waals surface area (Å²) in [6, 6.07) is 2.04. The van der Waals surface area contributed by atoms with Crippen LogP contribution in [0.5, 0.6) is 0 Å². The Hall–Kier alpha value is -1.31. The second kappa shape index (κ2) is 3.21. The van der Waals surface area contributed by atoms with E-state index >= 15 is 0 Å². The van der Waals surface area contributed by atoms with E-state index in [9.17, 15) is 0 Å². The lowest BCUT2D eigenvalue weighted by Gasteiger charge is -2.05. The topological polar surface area (TPSA) is 24.9 Å². The van der Waals surface area contributed by atoms with Gasteiger partial charge in [0.25, 0.3) is 0 Å². The van der Waals surface area contributed by atoms with E-state index in [2.05, 4.69) is 24.1 Å². The fraction of sp³-hybridized carbons (Fsp3) is 0.364. The van der Waals surface area contributed by atoms with Crippen molar-refractivity contribution >= 4 is 5.69 Å². The van der Waals surface area contributed by atoms with Crippen LogP contribution in [0.15, 0.2) is 29.6 Å². The highest BCUT2D eigenvalue weighted by Crippen LogP contribution is 2.22. The average molecular weight is 174 g/mol. The predicted molar refractivity (Wildman–Crippen MR) is 54.8 cm³/mol. The van der Waals surface area contributed by atoms with Crippen LogP contribution in [0.25, 0.3) is 0 Å². The predicted octanol–water partition coefficient (Wildman–Crippen LogP) is 2.39. The molecule has 1 aliphatic rings. The third-order valence-electron chi connectivity index (χ3n) is 2.63. The van der Waals surface area contributed by atoms with Crippen LogP contribution in [-0.2, 0) is 6.42 Å². The minimum absolute atomic E-state index is 0.961. The first-order chi connectivity index (χ1) is 6.27. The van der Waals surface area contributed by atoms with Crippen molar-refractivity contribution in [3.63, 3.8) is 0 Å². The minimum Gasteiger partial charge on any atom is -0.381 e. The lowest BCUT2D eigenvalue weighted by Crippen LogP contribution is -2.02. The largest absolute Gasteiger partial charge is 0.381 e. The summed E-state index contributed by atoms with van der Waals surface area (Å²) < 4.78 is 0. The summed E-state index contributed by atoms with van der Waals surface area (Å²) in [6.07, 6.45) is 4.81. The number of hydrogen-bond donors (Lipinski definition) is 1. The van der Waals surface area contributed by atoms with Crippen LogP contribution in [0, 0.1) is 0 Å². The molecule has 2 heterocycles. The van der Waals surface area contributed by atoms with Crippen molar-refractivity contribution in [3.05, 3.63) is 35.2 Å². The summed E-state index contributed by atoms with van der Waals surface area (Å²) >= 11 is 0. The summed E-state index contributed by atoms with van der Waals surface area (Å²) in [4.78, 5) is 4.14. The molecule has 1 N–H and O–H groups in total. The van der Waals surface area contributed by atoms with E-state index in [1.54, 1.807) is 0 Å². The summed E-state index contributed by atoms with van der Waals surface area (Å²) in [6.45, 7) is 5.34. The van der Waals surface area contributed by atoms with Gasteiger partial charge in [-0.3, -0.25) is 4.98 Å². The van der Waals surface area contributed by atoms with Crippen LogP contribution in [0.4, 0.5) is 5.69 Å². The fourth-order valence-corrected chi connectivity index (χ4v) is 1.56. The monoisotopic (exact) mass is 174 g/mol. The molecule has 2 rings (SSSR count). The standard InChI is InChI=1S/C11H14N2/c1-8-5-10-7-12-4-3-11(10)13-6-9(8)2/h3-4,7,13H,5-6H2,1-2H3. The Bertz CT molecular complexity index is 353. The Morgan fingerprint density at radius 3 is 3.00 bits per heavy atom. The maximum atomic E-state index is 4.14. The van der Waals surface area contributed by atoms with E-state index < -0.39 is 0 Å². The summed E-state index contributed by atoms with van der Waals surface area (Å²) in [5.74, 6) is 0. The molecule has 0 bridgehead atoms. The van der Waals surface area contributed by atoms with E-state index in [0.717, 1.165) is 13.0 Å². The van der Waals surface area contributed by atoms with Crippen LogP contribution in [-0.4, -0.2) is 11.5 Å². The Kier molecular flexibility index (Phi) is 2.05. The normalized spacial score (nSPS) is 16.2. The van der Waals surface area contributed by atoms with Crippen LogP contribution < -0.4 is 5.32 Å². The van der Waals surface area contributed by atoms with Crippen LogP contribution in [0.2, 0.25) is 0 Å². The lowest BCUT2D eigenvalue weighted by molar-refractivity contribution is 1.08. The molecule has 0 unspecified atom stereocenters. The zero-order valence-electron chi connectivity index (χ0n) is 8.09. The lowest BCUT2D eigenvalue weighted by atomic mass is 10.0. The number of pyridine rings is 1. The molecule has 0 amide bonds. The van der Waals surface area contributed by atoms with Gasteiger partial charge < -0.3 is 5.32 Å². The third-order valence-corrected chi connectivity index (χ3v) is 2.63.